The summed E-state index contributed by atoms with van der Waals surface area (Å²) >= 11 is 0. The van der Waals surface area contributed by atoms with Crippen LogP contribution >= 0.6 is 10.5 Å². The minimum absolute atomic E-state index is 0.620. The monoisotopic (exact) mass is 77.0 g/mol. The average molecular weight is 77.2 g/mol. The van der Waals surface area contributed by atoms with E-state index in [1.165, 1.54) is 0 Å². The van der Waals surface area contributed by atoms with Gasteiger partial charge >= 0.3 is 0 Å². The van der Waals surface area contributed by atoms with Crippen molar-refractivity contribution < 1.29 is 0 Å². The molecule has 0 amide bonds. The number of hydrogen-bond donors (Lipinski definition) is 1. The summed E-state index contributed by atoms with van der Waals surface area (Å²) in [6, 6.07) is 0. The quantitative estimate of drug-likeness (QED) is 0.423. The topological polar surface area (TPSA) is 23.8 Å². The first-order valence-corrected chi connectivity index (χ1v) is 3.28. The molecular formula is C2H7NS. The van der Waals surface area contributed by atoms with E-state index in [9.17, 15) is 0 Å². The van der Waals surface area contributed by atoms with Gasteiger partial charge in [-0.2, -0.15) is 0 Å². The summed E-state index contributed by atoms with van der Waals surface area (Å²) in [6.45, 7) is 0. The summed E-state index contributed by atoms with van der Waals surface area (Å²) < 4.78 is 8.12. The molecule has 2 heteroatoms. The second-order valence-electron chi connectivity index (χ2n) is 0.847. The van der Waals surface area contributed by atoms with Crippen molar-refractivity contribution in [3.63, 3.8) is 0 Å². The zero-order valence-electron chi connectivity index (χ0n) is 2.89. The van der Waals surface area contributed by atoms with Crippen molar-refractivity contribution >= 4 is 10.5 Å². The molecule has 0 aliphatic carbocycles. The van der Waals surface area contributed by atoms with Gasteiger partial charge in [-0.3, -0.25) is 0 Å². The highest BCUT2D eigenvalue weighted by Crippen LogP contribution is 1.82. The van der Waals surface area contributed by atoms with Crippen LogP contribution in [0, 0.1) is 4.61 Å². The fourth-order valence-electron chi connectivity index (χ4n) is 0. The lowest BCUT2D eigenvalue weighted by molar-refractivity contribution is 1.65. The van der Waals surface area contributed by atoms with Crippen molar-refractivity contribution in [1.82, 2.24) is 0 Å². The second-order valence-corrected chi connectivity index (χ2v) is 2.54. The SMILES string of the molecule is C[SH](C)#N. The largest absolute Gasteiger partial charge is 0.234 e. The lowest BCUT2D eigenvalue weighted by atomic mass is 11.9. The first kappa shape index (κ1) is 4.06. The third-order valence-corrected chi connectivity index (χ3v) is 0. The maximum atomic E-state index is 8.12. The van der Waals surface area contributed by atoms with Crippen LogP contribution in [0.2, 0.25) is 0 Å². The van der Waals surface area contributed by atoms with Gasteiger partial charge in [-0.05, 0) is 12.5 Å². The predicted molar refractivity (Wildman–Crippen MR) is 22.6 cm³/mol. The van der Waals surface area contributed by atoms with E-state index in [-0.39, 0.29) is 0 Å². The Kier molecular flexibility index (Phi) is 1.41. The van der Waals surface area contributed by atoms with Crippen molar-refractivity contribution in [2.24, 2.45) is 0 Å². The molecule has 0 rings (SSSR count). The van der Waals surface area contributed by atoms with E-state index >= 15 is 0 Å². The van der Waals surface area contributed by atoms with Gasteiger partial charge in [0, 0.05) is 0 Å². The number of nitrogens with zero attached hydrogens (tertiary/aromatic N) is 1. The van der Waals surface area contributed by atoms with Gasteiger partial charge in [-0.1, -0.05) is 10.5 Å². The van der Waals surface area contributed by atoms with Gasteiger partial charge in [-0.15, -0.1) is 0 Å². The van der Waals surface area contributed by atoms with E-state index in [4.69, 9.17) is 4.61 Å². The van der Waals surface area contributed by atoms with Gasteiger partial charge in [0.15, 0.2) is 0 Å². The summed E-state index contributed by atoms with van der Waals surface area (Å²) in [4.78, 5) is 0. The van der Waals surface area contributed by atoms with E-state index in [2.05, 4.69) is 0 Å². The molecule has 0 heterocycles. The van der Waals surface area contributed by atoms with Crippen LogP contribution in [0.4, 0.5) is 0 Å². The van der Waals surface area contributed by atoms with Gasteiger partial charge in [0.1, 0.15) is 0 Å². The van der Waals surface area contributed by atoms with Gasteiger partial charge in [0.25, 0.3) is 0 Å². The zero-order valence-corrected chi connectivity index (χ0v) is 3.79. The normalized spacial score (nSPS) is 8.50. The van der Waals surface area contributed by atoms with Gasteiger partial charge in [-0.25, -0.2) is 4.61 Å². The molecule has 0 aromatic carbocycles. The van der Waals surface area contributed by atoms with E-state index in [0.29, 0.717) is 0 Å². The Bertz CT molecular complexity index is 52.2. The first-order chi connectivity index (χ1) is 1.73. The van der Waals surface area contributed by atoms with E-state index in [0.717, 1.165) is 0 Å². The molecule has 0 saturated carbocycles. The highest BCUT2D eigenvalue weighted by atomic mass is 32.2. The minimum atomic E-state index is -0.620. The van der Waals surface area contributed by atoms with Gasteiger partial charge < -0.3 is 0 Å². The third-order valence-electron chi connectivity index (χ3n) is 0. The van der Waals surface area contributed by atoms with Gasteiger partial charge in [0.05, 0.1) is 0 Å². The number of hydrogen-bond acceptors (Lipinski definition) is 1. The minimum Gasteiger partial charge on any atom is -0.234 e. The molecule has 0 aromatic rings. The zero-order chi connectivity index (χ0) is 3.58. The van der Waals surface area contributed by atoms with Crippen molar-refractivity contribution in [1.29, 1.82) is 4.61 Å². The molecule has 0 aromatic heterocycles. The molecule has 0 radical (unpaired) electrons. The predicted octanol–water partition coefficient (Wildman–Crippen LogP) is 0.727. The fraction of sp³-hybridized carbons (Fsp3) is 1.00. The van der Waals surface area contributed by atoms with E-state index in [1.807, 2.05) is 0 Å². The smallest absolute Gasteiger partial charge is 0.00663 e. The second kappa shape index (κ2) is 1.39. The highest BCUT2D eigenvalue weighted by molar-refractivity contribution is 8.02. The Morgan fingerprint density at radius 3 is 1.50 bits per heavy atom. The van der Waals surface area contributed by atoms with Crippen LogP contribution in [0.3, 0.4) is 0 Å². The molecule has 26 valence electrons. The van der Waals surface area contributed by atoms with Crippen LogP contribution in [0.15, 0.2) is 0 Å². The standard InChI is InChI=1S/C2H7NS/c1-4(2)3/h4H,1-2H3. The van der Waals surface area contributed by atoms with Crippen LogP contribution in [0.25, 0.3) is 0 Å². The Hall–Kier alpha value is 0.0600. The molecule has 0 fully saturated rings. The highest BCUT2D eigenvalue weighted by Gasteiger charge is 1.47. The van der Waals surface area contributed by atoms with Crippen molar-refractivity contribution in [3.05, 3.63) is 0 Å². The van der Waals surface area contributed by atoms with Crippen molar-refractivity contribution in [2.45, 2.75) is 0 Å². The molecule has 0 spiro atoms. The summed E-state index contributed by atoms with van der Waals surface area (Å²) in [5.74, 6) is 0. The molecule has 0 saturated heterocycles. The fourth-order valence-corrected chi connectivity index (χ4v) is 0. The van der Waals surface area contributed by atoms with Gasteiger partial charge in [0.2, 0.25) is 0 Å². The summed E-state index contributed by atoms with van der Waals surface area (Å²) in [7, 11) is -0.620. The lowest BCUT2D eigenvalue weighted by Crippen LogP contribution is -1.35. The lowest BCUT2D eigenvalue weighted by Gasteiger charge is -1.59. The molecule has 4 heavy (non-hydrogen) atoms. The third kappa shape index (κ3) is 643. The molecule has 0 aliphatic rings. The first-order valence-electron chi connectivity index (χ1n) is 1.09. The average Bonchev–Trinajstić information content (AvgIpc) is 0.811. The van der Waals surface area contributed by atoms with E-state index < -0.39 is 10.5 Å². The van der Waals surface area contributed by atoms with Crippen LogP contribution in [0.1, 0.15) is 0 Å². The van der Waals surface area contributed by atoms with Crippen LogP contribution in [-0.2, 0) is 0 Å². The van der Waals surface area contributed by atoms with Crippen LogP contribution in [0.5, 0.6) is 0 Å². The molecule has 0 bridgehead atoms. The molecule has 0 N–H and O–H groups in total. The number of rotatable bonds is 0. The number of thiol groups is 1. The Labute approximate surface area is 28.6 Å². The summed E-state index contributed by atoms with van der Waals surface area (Å²) in [5.41, 5.74) is 0. The van der Waals surface area contributed by atoms with Crippen molar-refractivity contribution in [2.75, 3.05) is 12.5 Å². The van der Waals surface area contributed by atoms with Crippen LogP contribution in [-0.4, -0.2) is 12.5 Å². The summed E-state index contributed by atoms with van der Waals surface area (Å²) in [5, 5.41) is 0. The molecule has 0 unspecified atom stereocenters. The molecular weight excluding hydrogens is 70.1 g/mol. The Morgan fingerprint density at radius 1 is 1.50 bits per heavy atom. The maximum Gasteiger partial charge on any atom is -0.00663 e. The molecule has 0 aliphatic heterocycles. The molecule has 0 atom stereocenters. The Balaban J connectivity index is 3.02. The summed E-state index contributed by atoms with van der Waals surface area (Å²) in [6.07, 6.45) is 3.57. The Morgan fingerprint density at radius 2 is 1.50 bits per heavy atom. The van der Waals surface area contributed by atoms with E-state index in [1.54, 1.807) is 12.5 Å². The molecule has 1 nitrogen and oxygen atoms in total. The maximum absolute atomic E-state index is 8.12. The van der Waals surface area contributed by atoms with Crippen molar-refractivity contribution in [3.8, 4) is 0 Å². The van der Waals surface area contributed by atoms with Crippen LogP contribution < -0.4 is 0 Å².